The van der Waals surface area contributed by atoms with Crippen molar-refractivity contribution >= 4 is 17.1 Å². The summed E-state index contributed by atoms with van der Waals surface area (Å²) >= 11 is 0. The summed E-state index contributed by atoms with van der Waals surface area (Å²) in [5, 5.41) is 18.4. The molecule has 104 valence electrons. The van der Waals surface area contributed by atoms with E-state index in [1.165, 1.54) is 6.33 Å². The van der Waals surface area contributed by atoms with Crippen LogP contribution in [0.15, 0.2) is 11.1 Å². The SMILES string of the molecule is N#C[C@]1(CO)CC[C@H](n2cnc3c(=O)[nH]c(N)nc32)O1. The van der Waals surface area contributed by atoms with Gasteiger partial charge in [-0.25, -0.2) is 4.98 Å². The molecule has 2 atom stereocenters. The molecule has 1 aliphatic heterocycles. The molecule has 20 heavy (non-hydrogen) atoms. The second-order valence-corrected chi connectivity index (χ2v) is 4.65. The van der Waals surface area contributed by atoms with Crippen molar-refractivity contribution in [2.75, 3.05) is 12.3 Å². The normalized spacial score (nSPS) is 25.9. The third-order valence-corrected chi connectivity index (χ3v) is 3.38. The Labute approximate surface area is 112 Å². The van der Waals surface area contributed by atoms with Crippen LogP contribution >= 0.6 is 0 Å². The largest absolute Gasteiger partial charge is 0.392 e. The lowest BCUT2D eigenvalue weighted by molar-refractivity contribution is -0.0630. The zero-order chi connectivity index (χ0) is 14.3. The van der Waals surface area contributed by atoms with Gasteiger partial charge in [0.05, 0.1) is 12.9 Å². The summed E-state index contributed by atoms with van der Waals surface area (Å²) in [6, 6.07) is 1.97. The average molecular weight is 276 g/mol. The Morgan fingerprint density at radius 3 is 3.20 bits per heavy atom. The Bertz CT molecular complexity index is 760. The second kappa shape index (κ2) is 4.29. The molecule has 0 aromatic carbocycles. The van der Waals surface area contributed by atoms with Crippen LogP contribution in [0.5, 0.6) is 0 Å². The lowest BCUT2D eigenvalue weighted by atomic mass is 10.0. The first-order valence-electron chi connectivity index (χ1n) is 6.01. The minimum atomic E-state index is -1.21. The molecule has 3 rings (SSSR count). The van der Waals surface area contributed by atoms with Gasteiger partial charge in [0.25, 0.3) is 5.56 Å². The van der Waals surface area contributed by atoms with Crippen molar-refractivity contribution in [3.05, 3.63) is 16.7 Å². The van der Waals surface area contributed by atoms with E-state index in [4.69, 9.17) is 15.7 Å². The van der Waals surface area contributed by atoms with Crippen molar-refractivity contribution in [2.45, 2.75) is 24.7 Å². The predicted molar refractivity (Wildman–Crippen MR) is 67.3 cm³/mol. The molecule has 2 aromatic heterocycles. The number of aliphatic hydroxyl groups is 1. The zero-order valence-electron chi connectivity index (χ0n) is 10.4. The minimum absolute atomic E-state index is 0.0176. The smallest absolute Gasteiger partial charge is 0.280 e. The number of aromatic nitrogens is 4. The highest BCUT2D eigenvalue weighted by Gasteiger charge is 2.41. The Morgan fingerprint density at radius 1 is 1.75 bits per heavy atom. The number of aliphatic hydroxyl groups excluding tert-OH is 1. The first-order chi connectivity index (χ1) is 9.58. The summed E-state index contributed by atoms with van der Waals surface area (Å²) in [6.07, 6.45) is 1.80. The third kappa shape index (κ3) is 1.74. The molecule has 1 saturated heterocycles. The molecule has 9 heteroatoms. The number of nitrogens with one attached hydrogen (secondary N) is 1. The number of imidazole rings is 1. The molecule has 1 fully saturated rings. The van der Waals surface area contributed by atoms with Crippen LogP contribution in [0.2, 0.25) is 0 Å². The number of nitrogen functional groups attached to an aromatic ring is 1. The Kier molecular flexibility index (Phi) is 2.70. The van der Waals surface area contributed by atoms with Gasteiger partial charge in [0, 0.05) is 0 Å². The molecule has 3 heterocycles. The fraction of sp³-hybridized carbons (Fsp3) is 0.455. The van der Waals surface area contributed by atoms with Crippen LogP contribution in [0.1, 0.15) is 19.1 Å². The van der Waals surface area contributed by atoms with E-state index in [1.54, 1.807) is 4.57 Å². The number of H-pyrrole nitrogens is 1. The van der Waals surface area contributed by atoms with Gasteiger partial charge in [-0.1, -0.05) is 0 Å². The molecule has 9 nitrogen and oxygen atoms in total. The molecule has 1 aliphatic rings. The Hall–Kier alpha value is -2.44. The highest BCUT2D eigenvalue weighted by molar-refractivity contribution is 5.70. The average Bonchev–Trinajstić information content (AvgIpc) is 3.02. The number of fused-ring (bicyclic) bond motifs is 1. The number of hydrogen-bond acceptors (Lipinski definition) is 7. The lowest BCUT2D eigenvalue weighted by Crippen LogP contribution is -2.31. The summed E-state index contributed by atoms with van der Waals surface area (Å²) in [5.74, 6) is -0.0176. The summed E-state index contributed by atoms with van der Waals surface area (Å²) in [4.78, 5) is 22.1. The van der Waals surface area contributed by atoms with E-state index in [0.29, 0.717) is 18.5 Å². The van der Waals surface area contributed by atoms with Gasteiger partial charge in [0.15, 0.2) is 16.8 Å². The fourth-order valence-corrected chi connectivity index (χ4v) is 2.32. The van der Waals surface area contributed by atoms with Crippen molar-refractivity contribution in [3.63, 3.8) is 0 Å². The van der Waals surface area contributed by atoms with E-state index in [1.807, 2.05) is 6.07 Å². The maximum Gasteiger partial charge on any atom is 0.280 e. The summed E-state index contributed by atoms with van der Waals surface area (Å²) < 4.78 is 7.15. The van der Waals surface area contributed by atoms with E-state index < -0.39 is 17.4 Å². The fourth-order valence-electron chi connectivity index (χ4n) is 2.32. The highest BCUT2D eigenvalue weighted by Crippen LogP contribution is 2.36. The van der Waals surface area contributed by atoms with Gasteiger partial charge in [0.2, 0.25) is 5.95 Å². The number of anilines is 1. The molecule has 0 unspecified atom stereocenters. The zero-order valence-corrected chi connectivity index (χ0v) is 10.4. The van der Waals surface area contributed by atoms with Crippen LogP contribution in [0.4, 0.5) is 5.95 Å². The van der Waals surface area contributed by atoms with Crippen LogP contribution in [0.3, 0.4) is 0 Å². The monoisotopic (exact) mass is 276 g/mol. The van der Waals surface area contributed by atoms with Gasteiger partial charge in [0.1, 0.15) is 12.3 Å². The number of hydrogen-bond donors (Lipinski definition) is 3. The molecule has 0 spiro atoms. The van der Waals surface area contributed by atoms with E-state index in [0.717, 1.165) is 0 Å². The molecule has 0 aliphatic carbocycles. The number of nitriles is 1. The summed E-state index contributed by atoms with van der Waals surface area (Å²) in [7, 11) is 0. The van der Waals surface area contributed by atoms with Gasteiger partial charge in [-0.15, -0.1) is 0 Å². The van der Waals surface area contributed by atoms with Crippen molar-refractivity contribution in [1.29, 1.82) is 5.26 Å². The van der Waals surface area contributed by atoms with Gasteiger partial charge in [-0.05, 0) is 12.8 Å². The van der Waals surface area contributed by atoms with Gasteiger partial charge in [-0.2, -0.15) is 10.2 Å². The van der Waals surface area contributed by atoms with Crippen molar-refractivity contribution < 1.29 is 9.84 Å². The van der Waals surface area contributed by atoms with Crippen LogP contribution in [-0.4, -0.2) is 36.8 Å². The Morgan fingerprint density at radius 2 is 2.55 bits per heavy atom. The number of aromatic amines is 1. The molecule has 0 amide bonds. The third-order valence-electron chi connectivity index (χ3n) is 3.38. The predicted octanol–water partition coefficient (Wildman–Crippen LogP) is -0.735. The number of ether oxygens (including phenoxy) is 1. The molecule has 0 bridgehead atoms. The van der Waals surface area contributed by atoms with Crippen LogP contribution in [0.25, 0.3) is 11.2 Å². The highest BCUT2D eigenvalue weighted by atomic mass is 16.5. The van der Waals surface area contributed by atoms with Crippen molar-refractivity contribution in [2.24, 2.45) is 0 Å². The molecular formula is C11H12N6O3. The number of rotatable bonds is 2. The van der Waals surface area contributed by atoms with Crippen LogP contribution in [0, 0.1) is 11.3 Å². The maximum absolute atomic E-state index is 11.7. The standard InChI is InChI=1S/C11H12N6O3/c12-3-11(4-18)2-1-6(20-11)17-5-14-7-8(17)15-10(13)16-9(7)19/h5-6,18H,1-2,4H2,(H3,13,15,16,19)/t6-,11+/m1/s1. The van der Waals surface area contributed by atoms with Gasteiger partial charge >= 0.3 is 0 Å². The van der Waals surface area contributed by atoms with Crippen molar-refractivity contribution in [1.82, 2.24) is 19.5 Å². The van der Waals surface area contributed by atoms with E-state index in [9.17, 15) is 9.90 Å². The van der Waals surface area contributed by atoms with Crippen LogP contribution < -0.4 is 11.3 Å². The van der Waals surface area contributed by atoms with E-state index in [-0.39, 0.29) is 18.1 Å². The van der Waals surface area contributed by atoms with E-state index >= 15 is 0 Å². The lowest BCUT2D eigenvalue weighted by Gasteiger charge is -2.19. The summed E-state index contributed by atoms with van der Waals surface area (Å²) in [6.45, 7) is -0.386. The van der Waals surface area contributed by atoms with E-state index in [2.05, 4.69) is 15.0 Å². The maximum atomic E-state index is 11.7. The first-order valence-corrected chi connectivity index (χ1v) is 6.01. The topological polar surface area (TPSA) is 143 Å². The molecule has 0 saturated carbocycles. The molecule has 0 radical (unpaired) electrons. The number of nitrogens with zero attached hydrogens (tertiary/aromatic N) is 4. The van der Waals surface area contributed by atoms with Crippen LogP contribution in [-0.2, 0) is 4.74 Å². The first kappa shape index (κ1) is 12.6. The molecule has 2 aromatic rings. The van der Waals surface area contributed by atoms with Gasteiger partial charge < -0.3 is 15.6 Å². The Balaban J connectivity index is 2.05. The quantitative estimate of drug-likeness (QED) is 0.655. The van der Waals surface area contributed by atoms with Crippen molar-refractivity contribution in [3.8, 4) is 6.07 Å². The minimum Gasteiger partial charge on any atom is -0.392 e. The summed E-state index contributed by atoms with van der Waals surface area (Å²) in [5.41, 5.74) is 4.32. The number of nitrogens with two attached hydrogens (primary N) is 1. The molecular weight excluding hydrogens is 264 g/mol. The molecule has 4 N–H and O–H groups in total. The van der Waals surface area contributed by atoms with Gasteiger partial charge in [-0.3, -0.25) is 14.3 Å². The second-order valence-electron chi connectivity index (χ2n) is 4.65.